The van der Waals surface area contributed by atoms with Gasteiger partial charge in [-0.25, -0.2) is 9.18 Å². The molecule has 25 heavy (non-hydrogen) atoms. The molecular weight excluding hydrogens is 323 g/mol. The van der Waals surface area contributed by atoms with Gasteiger partial charge in [0.25, 0.3) is 5.91 Å². The van der Waals surface area contributed by atoms with Crippen LogP contribution >= 0.6 is 0 Å². The van der Waals surface area contributed by atoms with Crippen LogP contribution in [-0.4, -0.2) is 29.5 Å². The first-order valence-electron chi connectivity index (χ1n) is 7.93. The van der Waals surface area contributed by atoms with Crippen molar-refractivity contribution in [3.63, 3.8) is 0 Å². The van der Waals surface area contributed by atoms with Crippen LogP contribution in [-0.2, 0) is 17.8 Å². The first-order valence-corrected chi connectivity index (χ1v) is 7.93. The molecule has 0 radical (unpaired) electrons. The van der Waals surface area contributed by atoms with E-state index in [1.54, 1.807) is 26.2 Å². The van der Waals surface area contributed by atoms with Gasteiger partial charge in [0.1, 0.15) is 17.1 Å². The number of carbonyl (C=O) groups is 2. The number of rotatable bonds is 5. The van der Waals surface area contributed by atoms with Crippen molar-refractivity contribution >= 4 is 11.9 Å². The van der Waals surface area contributed by atoms with Gasteiger partial charge in [0, 0.05) is 6.42 Å². The third-order valence-electron chi connectivity index (χ3n) is 4.31. The Balaban J connectivity index is 1.82. The van der Waals surface area contributed by atoms with Crippen LogP contribution in [0.1, 0.15) is 18.1 Å². The SMILES string of the molecule is COc1ccccc1C[C@@]1(C)NC(=O)N(Cc2cccc(F)c2)C1=O. The summed E-state index contributed by atoms with van der Waals surface area (Å²) in [5, 5.41) is 2.75. The minimum Gasteiger partial charge on any atom is -0.496 e. The summed E-state index contributed by atoms with van der Waals surface area (Å²) in [6.45, 7) is 1.72. The highest BCUT2D eigenvalue weighted by molar-refractivity contribution is 6.06. The van der Waals surface area contributed by atoms with Crippen molar-refractivity contribution in [2.45, 2.75) is 25.4 Å². The van der Waals surface area contributed by atoms with Crippen molar-refractivity contribution in [1.29, 1.82) is 0 Å². The van der Waals surface area contributed by atoms with Crippen LogP contribution in [0, 0.1) is 5.82 Å². The van der Waals surface area contributed by atoms with Gasteiger partial charge in [-0.05, 0) is 36.2 Å². The summed E-state index contributed by atoms with van der Waals surface area (Å²) in [7, 11) is 1.56. The monoisotopic (exact) mass is 342 g/mol. The lowest BCUT2D eigenvalue weighted by Gasteiger charge is -2.23. The summed E-state index contributed by atoms with van der Waals surface area (Å²) in [5.74, 6) is -0.0802. The van der Waals surface area contributed by atoms with E-state index < -0.39 is 17.4 Å². The number of urea groups is 1. The van der Waals surface area contributed by atoms with Gasteiger partial charge < -0.3 is 10.1 Å². The van der Waals surface area contributed by atoms with Crippen molar-refractivity contribution in [3.8, 4) is 5.75 Å². The maximum absolute atomic E-state index is 13.3. The molecule has 0 bridgehead atoms. The standard InChI is InChI=1S/C19H19FN2O3/c1-19(11-14-7-3-4-9-16(14)25-2)17(23)22(18(24)21-19)12-13-6-5-8-15(20)10-13/h3-10H,11-12H2,1-2H3,(H,21,24)/t19-/m1/s1. The second-order valence-corrected chi connectivity index (χ2v) is 6.27. The molecule has 1 saturated heterocycles. The van der Waals surface area contributed by atoms with Gasteiger partial charge in [-0.3, -0.25) is 9.69 Å². The van der Waals surface area contributed by atoms with Crippen molar-refractivity contribution in [3.05, 3.63) is 65.5 Å². The predicted octanol–water partition coefficient (Wildman–Crippen LogP) is 2.89. The van der Waals surface area contributed by atoms with E-state index in [2.05, 4.69) is 5.32 Å². The molecule has 0 spiro atoms. The van der Waals surface area contributed by atoms with Gasteiger partial charge in [-0.2, -0.15) is 0 Å². The number of imide groups is 1. The Morgan fingerprint density at radius 1 is 1.16 bits per heavy atom. The molecule has 6 heteroatoms. The lowest BCUT2D eigenvalue weighted by atomic mass is 9.92. The zero-order chi connectivity index (χ0) is 18.0. The van der Waals surface area contributed by atoms with Crippen LogP contribution in [0.4, 0.5) is 9.18 Å². The van der Waals surface area contributed by atoms with Crippen LogP contribution < -0.4 is 10.1 Å². The topological polar surface area (TPSA) is 58.6 Å². The largest absolute Gasteiger partial charge is 0.496 e. The first-order chi connectivity index (χ1) is 11.9. The number of nitrogens with one attached hydrogen (secondary N) is 1. The Morgan fingerprint density at radius 2 is 1.92 bits per heavy atom. The minimum absolute atomic E-state index is 0.0317. The number of ether oxygens (including phenoxy) is 1. The molecule has 2 aromatic rings. The maximum atomic E-state index is 13.3. The van der Waals surface area contributed by atoms with Gasteiger partial charge in [0.2, 0.25) is 0 Å². The van der Waals surface area contributed by atoms with Gasteiger partial charge in [-0.1, -0.05) is 30.3 Å². The second kappa shape index (κ2) is 6.55. The highest BCUT2D eigenvalue weighted by Gasteiger charge is 2.47. The summed E-state index contributed by atoms with van der Waals surface area (Å²) in [5.41, 5.74) is 0.317. The number of halogens is 1. The molecule has 1 atom stereocenters. The van der Waals surface area contributed by atoms with Gasteiger partial charge in [0.05, 0.1) is 13.7 Å². The van der Waals surface area contributed by atoms with E-state index in [9.17, 15) is 14.0 Å². The second-order valence-electron chi connectivity index (χ2n) is 6.27. The molecule has 1 fully saturated rings. The van der Waals surface area contributed by atoms with E-state index in [1.165, 1.54) is 12.1 Å². The lowest BCUT2D eigenvalue weighted by Crippen LogP contribution is -2.46. The molecular formula is C19H19FN2O3. The van der Waals surface area contributed by atoms with Gasteiger partial charge in [-0.15, -0.1) is 0 Å². The molecule has 1 aliphatic heterocycles. The van der Waals surface area contributed by atoms with E-state index in [4.69, 9.17) is 4.74 Å². The van der Waals surface area contributed by atoms with Gasteiger partial charge in [0.15, 0.2) is 0 Å². The average molecular weight is 342 g/mol. The quantitative estimate of drug-likeness (QED) is 0.850. The molecule has 1 N–H and O–H groups in total. The molecule has 0 aromatic heterocycles. The lowest BCUT2D eigenvalue weighted by molar-refractivity contribution is -0.131. The molecule has 1 heterocycles. The number of carbonyl (C=O) groups excluding carboxylic acids is 2. The van der Waals surface area contributed by atoms with E-state index in [0.29, 0.717) is 17.7 Å². The first kappa shape index (κ1) is 17.0. The molecule has 3 amide bonds. The Kier molecular flexibility index (Phi) is 4.44. The Bertz CT molecular complexity index is 824. The molecule has 0 saturated carbocycles. The third-order valence-corrected chi connectivity index (χ3v) is 4.31. The number of para-hydroxylation sites is 1. The van der Waals surface area contributed by atoms with Crippen molar-refractivity contribution in [1.82, 2.24) is 10.2 Å². The number of benzene rings is 2. The minimum atomic E-state index is -1.07. The van der Waals surface area contributed by atoms with Crippen molar-refractivity contribution in [2.75, 3.05) is 7.11 Å². The highest BCUT2D eigenvalue weighted by Crippen LogP contribution is 2.28. The van der Waals surface area contributed by atoms with E-state index in [-0.39, 0.29) is 12.5 Å². The van der Waals surface area contributed by atoms with Crippen molar-refractivity contribution in [2.24, 2.45) is 0 Å². The third kappa shape index (κ3) is 3.33. The summed E-state index contributed by atoms with van der Waals surface area (Å²) < 4.78 is 18.7. The fraction of sp³-hybridized carbons (Fsp3) is 0.263. The fourth-order valence-corrected chi connectivity index (χ4v) is 3.06. The summed E-state index contributed by atoms with van der Waals surface area (Å²) >= 11 is 0. The Labute approximate surface area is 145 Å². The Hall–Kier alpha value is -2.89. The summed E-state index contributed by atoms with van der Waals surface area (Å²) in [6.07, 6.45) is 0.307. The zero-order valence-electron chi connectivity index (χ0n) is 14.1. The Morgan fingerprint density at radius 3 is 2.64 bits per heavy atom. The van der Waals surface area contributed by atoms with Crippen LogP contribution in [0.2, 0.25) is 0 Å². The van der Waals surface area contributed by atoms with Crippen LogP contribution in [0.25, 0.3) is 0 Å². The van der Waals surface area contributed by atoms with Crippen LogP contribution in [0.5, 0.6) is 5.75 Å². The number of hydrogen-bond acceptors (Lipinski definition) is 3. The molecule has 130 valence electrons. The summed E-state index contributed by atoms with van der Waals surface area (Å²) in [4.78, 5) is 26.3. The van der Waals surface area contributed by atoms with Crippen molar-refractivity contribution < 1.29 is 18.7 Å². The highest BCUT2D eigenvalue weighted by atomic mass is 19.1. The zero-order valence-corrected chi connectivity index (χ0v) is 14.1. The molecule has 1 aliphatic rings. The molecule has 2 aromatic carbocycles. The normalized spacial score (nSPS) is 19.9. The number of nitrogens with zero attached hydrogens (tertiary/aromatic N) is 1. The smallest absolute Gasteiger partial charge is 0.325 e. The van der Waals surface area contributed by atoms with Crippen LogP contribution in [0.15, 0.2) is 48.5 Å². The van der Waals surface area contributed by atoms with Crippen LogP contribution in [0.3, 0.4) is 0 Å². The number of amides is 3. The molecule has 0 aliphatic carbocycles. The molecule has 5 nitrogen and oxygen atoms in total. The molecule has 3 rings (SSSR count). The maximum Gasteiger partial charge on any atom is 0.325 e. The average Bonchev–Trinajstić information content (AvgIpc) is 2.78. The fourth-order valence-electron chi connectivity index (χ4n) is 3.06. The van der Waals surface area contributed by atoms with E-state index >= 15 is 0 Å². The summed E-state index contributed by atoms with van der Waals surface area (Å²) in [6, 6.07) is 12.8. The van der Waals surface area contributed by atoms with E-state index in [0.717, 1.165) is 10.5 Å². The number of methoxy groups -OCH3 is 1. The van der Waals surface area contributed by atoms with E-state index in [1.807, 2.05) is 24.3 Å². The predicted molar refractivity (Wildman–Crippen MR) is 90.6 cm³/mol. The van der Waals surface area contributed by atoms with Gasteiger partial charge >= 0.3 is 6.03 Å². The molecule has 0 unspecified atom stereocenters. The number of hydrogen-bond donors (Lipinski definition) is 1.